The number of hydrogen-bond acceptors (Lipinski definition) is 4. The number of halogens is 1. The second-order valence-corrected chi connectivity index (χ2v) is 8.88. The summed E-state index contributed by atoms with van der Waals surface area (Å²) in [5.41, 5.74) is 1.41. The first-order chi connectivity index (χ1) is 11.1. The van der Waals surface area contributed by atoms with Crippen LogP contribution in [0.25, 0.3) is 0 Å². The molecule has 0 bridgehead atoms. The molecule has 0 unspecified atom stereocenters. The Balaban J connectivity index is 2.45. The van der Waals surface area contributed by atoms with Gasteiger partial charge in [0.1, 0.15) is 6.04 Å². The van der Waals surface area contributed by atoms with E-state index >= 15 is 0 Å². The van der Waals surface area contributed by atoms with Crippen molar-refractivity contribution in [2.24, 2.45) is 0 Å². The molecule has 2 atom stereocenters. The number of nitrogens with zero attached hydrogens (tertiary/aromatic N) is 1. The second kappa shape index (κ2) is 7.00. The molecule has 0 fully saturated rings. The van der Waals surface area contributed by atoms with Crippen LogP contribution in [0, 0.1) is 17.0 Å². The topological polar surface area (TPSA) is 89.3 Å². The van der Waals surface area contributed by atoms with Crippen molar-refractivity contribution in [3.63, 3.8) is 0 Å². The molecule has 1 N–H and O–H groups in total. The monoisotopic (exact) mass is 412 g/mol. The predicted octanol–water partition coefficient (Wildman–Crippen LogP) is 3.40. The number of sulfonamides is 1. The Bertz CT molecular complexity index is 821. The fourth-order valence-corrected chi connectivity index (χ4v) is 4.01. The van der Waals surface area contributed by atoms with Crippen LogP contribution in [0.5, 0.6) is 0 Å². The molecule has 24 heavy (non-hydrogen) atoms. The lowest BCUT2D eigenvalue weighted by atomic mass is 10.0. The standard InChI is InChI=1S/C16H17BrN2O4S/c1-12-8-10-14(11-9-12)24(22,23)18-15(16(2,17)19(20)21)13-6-4-3-5-7-13/h3-11,15,18H,1-2H3/t15-,16+/m0/s1. The zero-order chi connectivity index (χ0) is 18.0. The number of nitrogens with one attached hydrogen (secondary N) is 1. The average molecular weight is 413 g/mol. The highest BCUT2D eigenvalue weighted by Crippen LogP contribution is 2.35. The van der Waals surface area contributed by atoms with Crippen molar-refractivity contribution >= 4 is 26.0 Å². The van der Waals surface area contributed by atoms with Crippen molar-refractivity contribution in [2.75, 3.05) is 0 Å². The first-order valence-corrected chi connectivity index (χ1v) is 9.39. The third-order valence-electron chi connectivity index (χ3n) is 3.62. The number of alkyl halides is 1. The van der Waals surface area contributed by atoms with Gasteiger partial charge in [0.15, 0.2) is 0 Å². The van der Waals surface area contributed by atoms with Crippen LogP contribution in [0.1, 0.15) is 24.1 Å². The van der Waals surface area contributed by atoms with Gasteiger partial charge < -0.3 is 0 Å². The highest BCUT2D eigenvalue weighted by atomic mass is 79.9. The summed E-state index contributed by atoms with van der Waals surface area (Å²) in [6.45, 7) is 3.17. The maximum atomic E-state index is 12.6. The van der Waals surface area contributed by atoms with E-state index in [0.29, 0.717) is 5.56 Å². The molecule has 0 spiro atoms. The molecule has 0 amide bonds. The largest absolute Gasteiger partial charge is 0.291 e. The van der Waals surface area contributed by atoms with Gasteiger partial charge in [-0.15, -0.1) is 0 Å². The Labute approximate surface area is 149 Å². The number of rotatable bonds is 6. The van der Waals surface area contributed by atoms with Crippen LogP contribution in [0.2, 0.25) is 0 Å². The molecule has 2 rings (SSSR count). The molecular formula is C16H17BrN2O4S. The third-order valence-corrected chi connectivity index (χ3v) is 5.81. The van der Waals surface area contributed by atoms with Gasteiger partial charge in [0.25, 0.3) is 4.45 Å². The van der Waals surface area contributed by atoms with E-state index in [-0.39, 0.29) is 4.90 Å². The Kier molecular flexibility index (Phi) is 5.42. The van der Waals surface area contributed by atoms with Crippen LogP contribution in [0.4, 0.5) is 0 Å². The van der Waals surface area contributed by atoms with E-state index < -0.39 is 25.4 Å². The molecule has 0 aliphatic carbocycles. The van der Waals surface area contributed by atoms with Gasteiger partial charge >= 0.3 is 0 Å². The highest BCUT2D eigenvalue weighted by Gasteiger charge is 2.46. The molecule has 0 saturated heterocycles. The summed E-state index contributed by atoms with van der Waals surface area (Å²) in [5.74, 6) is 0. The zero-order valence-corrected chi connectivity index (χ0v) is 15.5. The molecule has 2 aromatic carbocycles. The van der Waals surface area contributed by atoms with Gasteiger partial charge in [0.2, 0.25) is 10.0 Å². The normalized spacial score (nSPS) is 15.5. The van der Waals surface area contributed by atoms with Crippen LogP contribution in [0.3, 0.4) is 0 Å². The van der Waals surface area contributed by atoms with Gasteiger partial charge in [-0.25, -0.2) is 8.42 Å². The van der Waals surface area contributed by atoms with Crippen molar-refractivity contribution < 1.29 is 13.3 Å². The van der Waals surface area contributed by atoms with Crippen molar-refractivity contribution in [2.45, 2.75) is 29.2 Å². The molecule has 0 saturated carbocycles. The van der Waals surface area contributed by atoms with Crippen molar-refractivity contribution in [3.05, 3.63) is 75.8 Å². The molecule has 8 heteroatoms. The van der Waals surface area contributed by atoms with Gasteiger partial charge in [-0.1, -0.05) is 48.0 Å². The fourth-order valence-electron chi connectivity index (χ4n) is 2.17. The SMILES string of the molecule is Cc1ccc(S(=O)(=O)N[C@@H](c2ccccc2)[C@](C)(Br)[N+](=O)[O-])cc1. The Morgan fingerprint density at radius 1 is 1.12 bits per heavy atom. The average Bonchev–Trinajstić information content (AvgIpc) is 2.53. The first-order valence-electron chi connectivity index (χ1n) is 7.12. The van der Waals surface area contributed by atoms with Gasteiger partial charge in [-0.2, -0.15) is 4.72 Å². The summed E-state index contributed by atoms with van der Waals surface area (Å²) >= 11 is 3.06. The number of hydrogen-bond donors (Lipinski definition) is 1. The molecule has 0 aliphatic rings. The van der Waals surface area contributed by atoms with Crippen LogP contribution < -0.4 is 4.72 Å². The molecule has 0 heterocycles. The minimum atomic E-state index is -3.93. The Morgan fingerprint density at radius 3 is 2.17 bits per heavy atom. The maximum absolute atomic E-state index is 12.6. The molecule has 0 aromatic heterocycles. The summed E-state index contributed by atoms with van der Waals surface area (Å²) in [6.07, 6.45) is 0. The quantitative estimate of drug-likeness (QED) is 0.340. The summed E-state index contributed by atoms with van der Waals surface area (Å²) < 4.78 is 26.0. The second-order valence-electron chi connectivity index (χ2n) is 5.56. The fraction of sp³-hybridized carbons (Fsp3) is 0.250. The lowest BCUT2D eigenvalue weighted by Crippen LogP contribution is -2.45. The Hall–Kier alpha value is -1.77. The van der Waals surface area contributed by atoms with Crippen molar-refractivity contribution in [1.29, 1.82) is 0 Å². The van der Waals surface area contributed by atoms with Gasteiger partial charge in [0, 0.05) is 27.8 Å². The molecular weight excluding hydrogens is 396 g/mol. The van der Waals surface area contributed by atoms with Crippen LogP contribution in [-0.4, -0.2) is 17.8 Å². The van der Waals surface area contributed by atoms with E-state index in [4.69, 9.17) is 0 Å². The molecule has 128 valence electrons. The van der Waals surface area contributed by atoms with E-state index in [1.165, 1.54) is 19.1 Å². The van der Waals surface area contributed by atoms with Gasteiger partial charge in [-0.3, -0.25) is 10.1 Å². The number of aryl methyl sites for hydroxylation is 1. The van der Waals surface area contributed by atoms with E-state index in [9.17, 15) is 18.5 Å². The van der Waals surface area contributed by atoms with Crippen LogP contribution >= 0.6 is 15.9 Å². The summed E-state index contributed by atoms with van der Waals surface area (Å²) in [4.78, 5) is 10.9. The van der Waals surface area contributed by atoms with Crippen LogP contribution in [0.15, 0.2) is 59.5 Å². The lowest BCUT2D eigenvalue weighted by molar-refractivity contribution is -0.536. The Morgan fingerprint density at radius 2 is 1.67 bits per heavy atom. The molecule has 0 radical (unpaired) electrons. The van der Waals surface area contributed by atoms with Crippen LogP contribution in [-0.2, 0) is 10.0 Å². The van der Waals surface area contributed by atoms with Crippen molar-refractivity contribution in [3.8, 4) is 0 Å². The number of nitro groups is 1. The summed E-state index contributed by atoms with van der Waals surface area (Å²) in [6, 6.07) is 13.6. The maximum Gasteiger partial charge on any atom is 0.291 e. The van der Waals surface area contributed by atoms with E-state index in [1.54, 1.807) is 42.5 Å². The molecule has 2 aromatic rings. The number of benzene rings is 2. The molecule has 0 aliphatic heterocycles. The van der Waals surface area contributed by atoms with E-state index in [0.717, 1.165) is 5.56 Å². The minimum Gasteiger partial charge on any atom is -0.263 e. The minimum absolute atomic E-state index is 0.0562. The molecule has 6 nitrogen and oxygen atoms in total. The predicted molar refractivity (Wildman–Crippen MR) is 95.0 cm³/mol. The van der Waals surface area contributed by atoms with Crippen molar-refractivity contribution in [1.82, 2.24) is 4.72 Å². The third kappa shape index (κ3) is 4.00. The summed E-state index contributed by atoms with van der Waals surface area (Å²) in [7, 11) is -3.93. The lowest BCUT2D eigenvalue weighted by Gasteiger charge is -2.26. The van der Waals surface area contributed by atoms with E-state index in [1.807, 2.05) is 6.92 Å². The van der Waals surface area contributed by atoms with Gasteiger partial charge in [-0.05, 0) is 24.6 Å². The smallest absolute Gasteiger partial charge is 0.263 e. The van der Waals surface area contributed by atoms with Gasteiger partial charge in [0.05, 0.1) is 4.90 Å². The van der Waals surface area contributed by atoms with E-state index in [2.05, 4.69) is 20.7 Å². The zero-order valence-electron chi connectivity index (χ0n) is 13.1. The first kappa shape index (κ1) is 18.6. The summed E-state index contributed by atoms with van der Waals surface area (Å²) in [5, 5.41) is 11.4. The highest BCUT2D eigenvalue weighted by molar-refractivity contribution is 9.10.